The van der Waals surface area contributed by atoms with Gasteiger partial charge in [-0.3, -0.25) is 0 Å². The predicted molar refractivity (Wildman–Crippen MR) is 76.6 cm³/mol. The maximum atomic E-state index is 9.76. The molecular formula is C15H15NO5. The molecule has 0 saturated heterocycles. The van der Waals surface area contributed by atoms with Crippen LogP contribution in [0.25, 0.3) is 0 Å². The topological polar surface area (TPSA) is 91.5 Å². The van der Waals surface area contributed by atoms with Crippen molar-refractivity contribution in [1.29, 1.82) is 0 Å². The molecule has 0 amide bonds. The summed E-state index contributed by atoms with van der Waals surface area (Å²) < 4.78 is 10.7. The third kappa shape index (κ3) is 3.36. The Balaban J connectivity index is 2.17. The van der Waals surface area contributed by atoms with Gasteiger partial charge in [0, 0.05) is 11.6 Å². The van der Waals surface area contributed by atoms with Crippen LogP contribution >= 0.6 is 0 Å². The zero-order chi connectivity index (χ0) is 15.2. The number of rotatable bonds is 5. The maximum Gasteiger partial charge on any atom is 0.161 e. The van der Waals surface area contributed by atoms with Gasteiger partial charge < -0.3 is 24.9 Å². The Morgan fingerprint density at radius 1 is 1.10 bits per heavy atom. The smallest absolute Gasteiger partial charge is 0.161 e. The van der Waals surface area contributed by atoms with Crippen LogP contribution in [0.15, 0.2) is 47.6 Å². The lowest BCUT2D eigenvalue weighted by Gasteiger charge is -2.12. The van der Waals surface area contributed by atoms with Crippen LogP contribution in [-0.2, 0) is 0 Å². The first-order valence-electron chi connectivity index (χ1n) is 6.14. The molecule has 0 aliphatic carbocycles. The molecule has 6 heteroatoms. The molecule has 0 aliphatic heterocycles. The number of benzene rings is 2. The second kappa shape index (κ2) is 6.51. The molecule has 2 rings (SSSR count). The minimum atomic E-state index is -0.202. The monoisotopic (exact) mass is 289 g/mol. The summed E-state index contributed by atoms with van der Waals surface area (Å²) in [5.41, 5.74) is 0.392. The minimum absolute atomic E-state index is 0.0742. The molecule has 0 unspecified atom stereocenters. The van der Waals surface area contributed by atoms with E-state index in [0.29, 0.717) is 11.5 Å². The van der Waals surface area contributed by atoms with Crippen molar-refractivity contribution in [2.24, 2.45) is 5.16 Å². The van der Waals surface area contributed by atoms with Gasteiger partial charge in [-0.25, -0.2) is 0 Å². The van der Waals surface area contributed by atoms with Crippen LogP contribution in [-0.4, -0.2) is 34.8 Å². The fourth-order valence-corrected chi connectivity index (χ4v) is 1.81. The van der Waals surface area contributed by atoms with E-state index in [9.17, 15) is 10.2 Å². The summed E-state index contributed by atoms with van der Waals surface area (Å²) in [7, 11) is 1.52. The van der Waals surface area contributed by atoms with E-state index in [0.717, 1.165) is 6.07 Å². The highest BCUT2D eigenvalue weighted by molar-refractivity contribution is 6.03. The van der Waals surface area contributed by atoms with E-state index in [2.05, 4.69) is 5.16 Å². The Labute approximate surface area is 121 Å². The molecule has 2 aromatic carbocycles. The average molecular weight is 289 g/mol. The largest absolute Gasteiger partial charge is 0.508 e. The predicted octanol–water partition coefficient (Wildman–Crippen LogP) is 2.36. The van der Waals surface area contributed by atoms with E-state index in [4.69, 9.17) is 14.7 Å². The Bertz CT molecular complexity index is 654. The molecular weight excluding hydrogens is 274 g/mol. The maximum absolute atomic E-state index is 9.76. The number of hydrogen-bond acceptors (Lipinski definition) is 6. The average Bonchev–Trinajstić information content (AvgIpc) is 2.50. The molecule has 0 atom stereocenters. The fourth-order valence-electron chi connectivity index (χ4n) is 1.81. The van der Waals surface area contributed by atoms with E-state index >= 15 is 0 Å². The van der Waals surface area contributed by atoms with Gasteiger partial charge >= 0.3 is 0 Å². The highest BCUT2D eigenvalue weighted by Crippen LogP contribution is 2.27. The van der Waals surface area contributed by atoms with Crippen LogP contribution in [0, 0.1) is 0 Å². The van der Waals surface area contributed by atoms with Gasteiger partial charge in [0.2, 0.25) is 0 Å². The highest BCUT2D eigenvalue weighted by atomic mass is 16.5. The molecule has 0 aliphatic rings. The van der Waals surface area contributed by atoms with Crippen LogP contribution in [0.2, 0.25) is 0 Å². The van der Waals surface area contributed by atoms with Gasteiger partial charge in [-0.2, -0.15) is 0 Å². The summed E-state index contributed by atoms with van der Waals surface area (Å²) in [5, 5.41) is 31.2. The SMILES string of the molecule is COc1ccccc1OC/C(=N\O)c1ccc(O)cc1O. The Hall–Kier alpha value is -2.89. The quantitative estimate of drug-likeness (QED) is 0.446. The third-order valence-corrected chi connectivity index (χ3v) is 2.85. The Kier molecular flexibility index (Phi) is 4.50. The van der Waals surface area contributed by atoms with Crippen molar-refractivity contribution in [2.75, 3.05) is 13.7 Å². The molecule has 0 heterocycles. The second-order valence-electron chi connectivity index (χ2n) is 4.19. The highest BCUT2D eigenvalue weighted by Gasteiger charge is 2.13. The van der Waals surface area contributed by atoms with Crippen molar-refractivity contribution >= 4 is 5.71 Å². The molecule has 0 radical (unpaired) electrons. The van der Waals surface area contributed by atoms with Crippen molar-refractivity contribution < 1.29 is 24.9 Å². The fraction of sp³-hybridized carbons (Fsp3) is 0.133. The van der Waals surface area contributed by atoms with Gasteiger partial charge in [0.15, 0.2) is 11.5 Å². The first kappa shape index (κ1) is 14.5. The van der Waals surface area contributed by atoms with Gasteiger partial charge in [-0.05, 0) is 24.3 Å². The zero-order valence-electron chi connectivity index (χ0n) is 11.4. The molecule has 21 heavy (non-hydrogen) atoms. The van der Waals surface area contributed by atoms with E-state index in [-0.39, 0.29) is 29.4 Å². The number of methoxy groups -OCH3 is 1. The van der Waals surface area contributed by atoms with Gasteiger partial charge in [-0.15, -0.1) is 0 Å². The summed E-state index contributed by atoms with van der Waals surface area (Å²) in [5.74, 6) is 0.745. The van der Waals surface area contributed by atoms with E-state index in [1.807, 2.05) is 0 Å². The summed E-state index contributed by atoms with van der Waals surface area (Å²) in [6.07, 6.45) is 0. The number of aromatic hydroxyl groups is 2. The van der Waals surface area contributed by atoms with Crippen LogP contribution in [0.3, 0.4) is 0 Å². The summed E-state index contributed by atoms with van der Waals surface area (Å²) in [6.45, 7) is -0.0742. The number of phenolic OH excluding ortho intramolecular Hbond substituents is 2. The van der Waals surface area contributed by atoms with Crippen LogP contribution in [0.5, 0.6) is 23.0 Å². The van der Waals surface area contributed by atoms with Crippen LogP contribution in [0.1, 0.15) is 5.56 Å². The molecule has 0 spiro atoms. The molecule has 2 aromatic rings. The number of hydrogen-bond donors (Lipinski definition) is 3. The molecule has 6 nitrogen and oxygen atoms in total. The molecule has 110 valence electrons. The molecule has 0 saturated carbocycles. The first-order chi connectivity index (χ1) is 10.2. The summed E-state index contributed by atoms with van der Waals surface area (Å²) in [4.78, 5) is 0. The summed E-state index contributed by atoms with van der Waals surface area (Å²) >= 11 is 0. The van der Waals surface area contributed by atoms with Gasteiger partial charge in [0.25, 0.3) is 0 Å². The van der Waals surface area contributed by atoms with E-state index < -0.39 is 0 Å². The molecule has 0 aromatic heterocycles. The summed E-state index contributed by atoms with van der Waals surface area (Å²) in [6, 6.07) is 11.0. The van der Waals surface area contributed by atoms with Crippen molar-refractivity contribution in [3.63, 3.8) is 0 Å². The van der Waals surface area contributed by atoms with Gasteiger partial charge in [0.05, 0.1) is 7.11 Å². The second-order valence-corrected chi connectivity index (χ2v) is 4.19. The minimum Gasteiger partial charge on any atom is -0.508 e. The first-order valence-corrected chi connectivity index (χ1v) is 6.14. The van der Waals surface area contributed by atoms with Crippen LogP contribution < -0.4 is 9.47 Å². The van der Waals surface area contributed by atoms with Crippen molar-refractivity contribution in [2.45, 2.75) is 0 Å². The molecule has 3 N–H and O–H groups in total. The van der Waals surface area contributed by atoms with Crippen molar-refractivity contribution in [1.82, 2.24) is 0 Å². The Morgan fingerprint density at radius 2 is 1.81 bits per heavy atom. The lowest BCUT2D eigenvalue weighted by Crippen LogP contribution is -2.13. The lowest BCUT2D eigenvalue weighted by molar-refractivity contribution is 0.302. The standard InChI is InChI=1S/C15H15NO5/c1-20-14-4-2-3-5-15(14)21-9-12(16-19)11-7-6-10(17)8-13(11)18/h2-8,17-19H,9H2,1H3/b16-12+. The third-order valence-electron chi connectivity index (χ3n) is 2.85. The van der Waals surface area contributed by atoms with Crippen molar-refractivity contribution in [3.8, 4) is 23.0 Å². The zero-order valence-corrected chi connectivity index (χ0v) is 11.4. The number of phenols is 2. The van der Waals surface area contributed by atoms with Gasteiger partial charge in [-0.1, -0.05) is 17.3 Å². The Morgan fingerprint density at radius 3 is 2.43 bits per heavy atom. The molecule has 0 fully saturated rings. The van der Waals surface area contributed by atoms with E-state index in [1.165, 1.54) is 19.2 Å². The number of para-hydroxylation sites is 2. The molecule has 0 bridgehead atoms. The van der Waals surface area contributed by atoms with Crippen molar-refractivity contribution in [3.05, 3.63) is 48.0 Å². The van der Waals surface area contributed by atoms with Crippen LogP contribution in [0.4, 0.5) is 0 Å². The number of oxime groups is 1. The van der Waals surface area contributed by atoms with Gasteiger partial charge in [0.1, 0.15) is 23.8 Å². The number of ether oxygens (including phenoxy) is 2. The lowest BCUT2D eigenvalue weighted by atomic mass is 10.1. The normalized spacial score (nSPS) is 11.2. The number of nitrogens with zero attached hydrogens (tertiary/aromatic N) is 1. The van der Waals surface area contributed by atoms with E-state index in [1.54, 1.807) is 24.3 Å².